The third-order valence-corrected chi connectivity index (χ3v) is 3.68. The van der Waals surface area contributed by atoms with Crippen molar-refractivity contribution in [2.75, 3.05) is 52.3 Å². The number of hydrogen-bond acceptors (Lipinski definition) is 8. The minimum atomic E-state index is -0.634. The first kappa shape index (κ1) is 19.7. The van der Waals surface area contributed by atoms with Gasteiger partial charge in [0.05, 0.1) is 33.0 Å². The molecule has 0 saturated carbocycles. The molecule has 0 aliphatic carbocycles. The van der Waals surface area contributed by atoms with E-state index in [0.717, 1.165) is 0 Å². The van der Waals surface area contributed by atoms with Crippen LogP contribution in [0.25, 0.3) is 0 Å². The minimum Gasteiger partial charge on any atom is -0.491 e. The Kier molecular flexibility index (Phi) is 7.43. The summed E-state index contributed by atoms with van der Waals surface area (Å²) in [5, 5.41) is 0. The molecule has 2 rings (SSSR count). The van der Waals surface area contributed by atoms with E-state index < -0.39 is 11.9 Å². The highest BCUT2D eigenvalue weighted by molar-refractivity contribution is 6.03. The Morgan fingerprint density at radius 3 is 2.38 bits per heavy atom. The predicted molar refractivity (Wildman–Crippen MR) is 92.8 cm³/mol. The summed E-state index contributed by atoms with van der Waals surface area (Å²) in [4.78, 5) is 25.8. The number of anilines is 1. The maximum atomic E-state index is 12.2. The van der Waals surface area contributed by atoms with Crippen LogP contribution in [0, 0.1) is 0 Å². The van der Waals surface area contributed by atoms with E-state index in [1.54, 1.807) is 29.2 Å². The maximum absolute atomic E-state index is 12.2. The molecular formula is C18H23NO7. The molecule has 0 amide bonds. The lowest BCUT2D eigenvalue weighted by atomic mass is 10.1. The van der Waals surface area contributed by atoms with Crippen LogP contribution in [0.5, 0.6) is 5.75 Å². The van der Waals surface area contributed by atoms with Gasteiger partial charge in [-0.05, 0) is 31.2 Å². The number of rotatable bonds is 8. The molecule has 1 aliphatic rings. The van der Waals surface area contributed by atoms with Crippen LogP contribution in [0.15, 0.2) is 35.5 Å². The third kappa shape index (κ3) is 4.74. The zero-order valence-corrected chi connectivity index (χ0v) is 15.1. The van der Waals surface area contributed by atoms with Gasteiger partial charge in [0.2, 0.25) is 0 Å². The van der Waals surface area contributed by atoms with Gasteiger partial charge < -0.3 is 28.6 Å². The highest BCUT2D eigenvalue weighted by Gasteiger charge is 2.32. The molecule has 0 spiro atoms. The van der Waals surface area contributed by atoms with Crippen molar-refractivity contribution in [2.45, 2.75) is 6.92 Å². The van der Waals surface area contributed by atoms with E-state index in [1.165, 1.54) is 14.2 Å². The molecule has 0 saturated heterocycles. The standard InChI is InChI=1S/C18H23NO7/c1-4-24-9-10-26-14-7-5-13(6-8-14)19-12-25-11-15(17(20)22-2)16(19)18(21)23-3/h5-8H,4,9-12H2,1-3H3. The highest BCUT2D eigenvalue weighted by atomic mass is 16.5. The first-order valence-electron chi connectivity index (χ1n) is 8.18. The lowest BCUT2D eigenvalue weighted by Crippen LogP contribution is -2.38. The van der Waals surface area contributed by atoms with Crippen molar-refractivity contribution in [3.8, 4) is 5.75 Å². The van der Waals surface area contributed by atoms with E-state index in [2.05, 4.69) is 0 Å². The van der Waals surface area contributed by atoms with E-state index in [0.29, 0.717) is 31.3 Å². The van der Waals surface area contributed by atoms with E-state index in [-0.39, 0.29) is 24.6 Å². The Bertz CT molecular complexity index is 654. The van der Waals surface area contributed by atoms with Gasteiger partial charge in [0.1, 0.15) is 24.8 Å². The van der Waals surface area contributed by atoms with Gasteiger partial charge in [-0.25, -0.2) is 9.59 Å². The largest absolute Gasteiger partial charge is 0.491 e. The summed E-state index contributed by atoms with van der Waals surface area (Å²) in [6, 6.07) is 7.07. The van der Waals surface area contributed by atoms with Gasteiger partial charge in [-0.2, -0.15) is 0 Å². The molecule has 26 heavy (non-hydrogen) atoms. The summed E-state index contributed by atoms with van der Waals surface area (Å²) in [7, 11) is 2.50. The summed E-state index contributed by atoms with van der Waals surface area (Å²) in [6.07, 6.45) is 0. The molecule has 0 radical (unpaired) electrons. The lowest BCUT2D eigenvalue weighted by Gasteiger charge is -2.31. The normalized spacial score (nSPS) is 14.2. The molecule has 0 N–H and O–H groups in total. The van der Waals surface area contributed by atoms with Gasteiger partial charge in [-0.3, -0.25) is 0 Å². The number of esters is 2. The third-order valence-electron chi connectivity index (χ3n) is 3.68. The molecule has 8 nitrogen and oxygen atoms in total. The van der Waals surface area contributed by atoms with E-state index in [4.69, 9.17) is 23.7 Å². The Labute approximate surface area is 152 Å². The fourth-order valence-electron chi connectivity index (χ4n) is 2.43. The van der Waals surface area contributed by atoms with Crippen molar-refractivity contribution in [2.24, 2.45) is 0 Å². The highest BCUT2D eigenvalue weighted by Crippen LogP contribution is 2.28. The molecule has 0 unspecified atom stereocenters. The zero-order valence-electron chi connectivity index (χ0n) is 15.1. The fraction of sp³-hybridized carbons (Fsp3) is 0.444. The van der Waals surface area contributed by atoms with E-state index >= 15 is 0 Å². The Balaban J connectivity index is 2.22. The van der Waals surface area contributed by atoms with Crippen molar-refractivity contribution in [3.63, 3.8) is 0 Å². The Hall–Kier alpha value is -2.58. The molecule has 0 bridgehead atoms. The number of carbonyl (C=O) groups is 2. The van der Waals surface area contributed by atoms with Crippen LogP contribution >= 0.6 is 0 Å². The lowest BCUT2D eigenvalue weighted by molar-refractivity contribution is -0.140. The van der Waals surface area contributed by atoms with Crippen molar-refractivity contribution in [1.82, 2.24) is 0 Å². The molecule has 1 aromatic carbocycles. The van der Waals surface area contributed by atoms with Gasteiger partial charge in [0.15, 0.2) is 0 Å². The second kappa shape index (κ2) is 9.79. The van der Waals surface area contributed by atoms with E-state index in [1.807, 2.05) is 6.92 Å². The molecule has 0 aromatic heterocycles. The summed E-state index contributed by atoms with van der Waals surface area (Å²) in [6.45, 7) is 3.60. The minimum absolute atomic E-state index is 0.0216. The van der Waals surface area contributed by atoms with Crippen LogP contribution in [0.4, 0.5) is 5.69 Å². The fourth-order valence-corrected chi connectivity index (χ4v) is 2.43. The summed E-state index contributed by atoms with van der Waals surface area (Å²) in [5.74, 6) is -0.597. The van der Waals surface area contributed by atoms with Crippen molar-refractivity contribution >= 4 is 17.6 Å². The number of hydrogen-bond donors (Lipinski definition) is 0. The molecule has 0 fully saturated rings. The van der Waals surface area contributed by atoms with Crippen LogP contribution in [0.2, 0.25) is 0 Å². The SMILES string of the molecule is CCOCCOc1ccc(N2COCC(C(=O)OC)=C2C(=O)OC)cc1. The molecule has 1 aromatic rings. The number of nitrogens with zero attached hydrogens (tertiary/aromatic N) is 1. The molecule has 0 atom stereocenters. The maximum Gasteiger partial charge on any atom is 0.355 e. The number of ether oxygens (including phenoxy) is 5. The van der Waals surface area contributed by atoms with Crippen LogP contribution in [0.3, 0.4) is 0 Å². The molecular weight excluding hydrogens is 342 g/mol. The van der Waals surface area contributed by atoms with Crippen LogP contribution in [-0.4, -0.2) is 59.3 Å². The van der Waals surface area contributed by atoms with Gasteiger partial charge >= 0.3 is 11.9 Å². The van der Waals surface area contributed by atoms with Crippen molar-refractivity contribution in [1.29, 1.82) is 0 Å². The van der Waals surface area contributed by atoms with Crippen LogP contribution in [0.1, 0.15) is 6.92 Å². The molecule has 1 aliphatic heterocycles. The monoisotopic (exact) mass is 365 g/mol. The zero-order chi connectivity index (χ0) is 18.9. The average molecular weight is 365 g/mol. The second-order valence-corrected chi connectivity index (χ2v) is 5.26. The molecule has 8 heteroatoms. The van der Waals surface area contributed by atoms with Crippen molar-refractivity contribution < 1.29 is 33.3 Å². The van der Waals surface area contributed by atoms with Gasteiger partial charge in [0, 0.05) is 12.3 Å². The average Bonchev–Trinajstić information content (AvgIpc) is 2.70. The number of benzene rings is 1. The predicted octanol–water partition coefficient (Wildman–Crippen LogP) is 1.50. The Morgan fingerprint density at radius 1 is 1.08 bits per heavy atom. The van der Waals surface area contributed by atoms with Crippen LogP contribution in [-0.2, 0) is 28.5 Å². The van der Waals surface area contributed by atoms with Crippen molar-refractivity contribution in [3.05, 3.63) is 35.5 Å². The van der Waals surface area contributed by atoms with Gasteiger partial charge in [-0.15, -0.1) is 0 Å². The molecule has 142 valence electrons. The van der Waals surface area contributed by atoms with Gasteiger partial charge in [0.25, 0.3) is 0 Å². The Morgan fingerprint density at radius 2 is 1.77 bits per heavy atom. The van der Waals surface area contributed by atoms with E-state index in [9.17, 15) is 9.59 Å². The summed E-state index contributed by atoms with van der Waals surface area (Å²) in [5.41, 5.74) is 0.877. The first-order valence-corrected chi connectivity index (χ1v) is 8.18. The second-order valence-electron chi connectivity index (χ2n) is 5.26. The molecule has 1 heterocycles. The van der Waals surface area contributed by atoms with Gasteiger partial charge in [-0.1, -0.05) is 0 Å². The van der Waals surface area contributed by atoms with Crippen LogP contribution < -0.4 is 9.64 Å². The smallest absolute Gasteiger partial charge is 0.355 e. The summed E-state index contributed by atoms with van der Waals surface area (Å²) < 4.78 is 25.8. The topological polar surface area (TPSA) is 83.5 Å². The summed E-state index contributed by atoms with van der Waals surface area (Å²) >= 11 is 0. The first-order chi connectivity index (χ1) is 12.6. The number of methoxy groups -OCH3 is 2. The quantitative estimate of drug-likeness (QED) is 0.506. The number of carbonyl (C=O) groups excluding carboxylic acids is 2.